The van der Waals surface area contributed by atoms with Gasteiger partial charge in [0.15, 0.2) is 8.32 Å². The molecule has 96 valence electrons. The zero-order chi connectivity index (χ0) is 13.3. The fourth-order valence-electron chi connectivity index (χ4n) is 1.18. The molecule has 0 saturated heterocycles. The van der Waals surface area contributed by atoms with Crippen LogP contribution in [0.3, 0.4) is 0 Å². The minimum absolute atomic E-state index is 0.148. The molecule has 0 amide bonds. The topological polar surface area (TPSA) is 35.2 Å². The summed E-state index contributed by atoms with van der Waals surface area (Å²) in [5, 5.41) is 0.148. The van der Waals surface area contributed by atoms with Gasteiger partial charge in [0.2, 0.25) is 0 Å². The first-order chi connectivity index (χ1) is 7.65. The van der Waals surface area contributed by atoms with E-state index >= 15 is 0 Å². The molecule has 2 nitrogen and oxygen atoms in total. The molecule has 0 radical (unpaired) electrons. The molecule has 0 aliphatic carbocycles. The lowest BCUT2D eigenvalue weighted by atomic mass is 10.2. The molecule has 0 saturated carbocycles. The van der Waals surface area contributed by atoms with Crippen LogP contribution in [0.5, 0.6) is 0 Å². The monoisotopic (exact) mass is 255 g/mol. The number of hydrogen-bond acceptors (Lipinski definition) is 2. The van der Waals surface area contributed by atoms with E-state index in [1.54, 1.807) is 6.07 Å². The Morgan fingerprint density at radius 2 is 1.88 bits per heavy atom. The molecule has 0 aliphatic rings. The van der Waals surface area contributed by atoms with Gasteiger partial charge in [-0.1, -0.05) is 32.9 Å². The van der Waals surface area contributed by atoms with Gasteiger partial charge >= 0.3 is 0 Å². The van der Waals surface area contributed by atoms with Crippen molar-refractivity contribution in [3.63, 3.8) is 0 Å². The Bertz CT molecular complexity index is 399. The van der Waals surface area contributed by atoms with Gasteiger partial charge in [-0.3, -0.25) is 0 Å². The molecule has 17 heavy (non-hydrogen) atoms. The molecule has 4 heteroatoms. The fourth-order valence-corrected chi connectivity index (χ4v) is 2.13. The molecule has 2 N–H and O–H groups in total. The van der Waals surface area contributed by atoms with Crippen molar-refractivity contribution in [2.45, 2.75) is 45.5 Å². The summed E-state index contributed by atoms with van der Waals surface area (Å²) in [4.78, 5) is 0. The number of rotatable bonds is 3. The number of hydrogen-bond donors (Lipinski definition) is 1. The van der Waals surface area contributed by atoms with E-state index < -0.39 is 8.32 Å². The smallest absolute Gasteiger partial charge is 0.192 e. The largest absolute Gasteiger partial charge is 0.412 e. The summed E-state index contributed by atoms with van der Waals surface area (Å²) < 4.78 is 19.3. The molecule has 0 unspecified atom stereocenters. The van der Waals surface area contributed by atoms with Crippen molar-refractivity contribution in [2.75, 3.05) is 5.73 Å². The van der Waals surface area contributed by atoms with Crippen molar-refractivity contribution in [3.05, 3.63) is 29.6 Å². The molecule has 0 aliphatic heterocycles. The highest BCUT2D eigenvalue weighted by Gasteiger charge is 2.37. The van der Waals surface area contributed by atoms with Gasteiger partial charge in [-0.05, 0) is 24.2 Å². The lowest BCUT2D eigenvalue weighted by molar-refractivity contribution is 0.276. The van der Waals surface area contributed by atoms with Crippen molar-refractivity contribution >= 4 is 14.0 Å². The Balaban J connectivity index is 2.78. The summed E-state index contributed by atoms with van der Waals surface area (Å²) in [7, 11) is -1.81. The lowest BCUT2D eigenvalue weighted by Crippen LogP contribution is -2.40. The predicted octanol–water partition coefficient (Wildman–Crippen LogP) is 3.93. The molecular weight excluding hydrogens is 233 g/mol. The summed E-state index contributed by atoms with van der Waals surface area (Å²) >= 11 is 0. The van der Waals surface area contributed by atoms with E-state index in [1.807, 2.05) is 6.07 Å². The highest BCUT2D eigenvalue weighted by Crippen LogP contribution is 2.37. The Labute approximate surface area is 104 Å². The van der Waals surface area contributed by atoms with Crippen LogP contribution >= 0.6 is 0 Å². The maximum absolute atomic E-state index is 13.3. The zero-order valence-corrected chi connectivity index (χ0v) is 12.3. The standard InChI is InChI=1S/C13H22FNOSi/c1-13(2,3)17(4,5)16-9-10-7-6-8-11(14)12(10)15/h6-8H,9,15H2,1-5H3. The van der Waals surface area contributed by atoms with Crippen molar-refractivity contribution < 1.29 is 8.82 Å². The van der Waals surface area contributed by atoms with Crippen LogP contribution in [0.1, 0.15) is 26.3 Å². The van der Waals surface area contributed by atoms with E-state index in [0.717, 1.165) is 5.56 Å². The zero-order valence-electron chi connectivity index (χ0n) is 11.3. The average molecular weight is 255 g/mol. The maximum atomic E-state index is 13.3. The average Bonchev–Trinajstić information content (AvgIpc) is 2.18. The Morgan fingerprint density at radius 1 is 1.29 bits per heavy atom. The molecule has 0 atom stereocenters. The number of nitrogens with two attached hydrogens (primary N) is 1. The third-order valence-electron chi connectivity index (χ3n) is 3.54. The fraction of sp³-hybridized carbons (Fsp3) is 0.538. The van der Waals surface area contributed by atoms with E-state index in [2.05, 4.69) is 33.9 Å². The summed E-state index contributed by atoms with van der Waals surface area (Å²) in [5.41, 5.74) is 6.61. The molecule has 1 rings (SSSR count). The number of benzene rings is 1. The van der Waals surface area contributed by atoms with Gasteiger partial charge in [-0.15, -0.1) is 0 Å². The molecule has 0 fully saturated rings. The van der Waals surface area contributed by atoms with Crippen LogP contribution in [0.4, 0.5) is 10.1 Å². The summed E-state index contributed by atoms with van der Waals surface area (Å²) in [5.74, 6) is -0.374. The minimum atomic E-state index is -1.81. The first-order valence-electron chi connectivity index (χ1n) is 5.82. The van der Waals surface area contributed by atoms with E-state index in [0.29, 0.717) is 6.61 Å². The van der Waals surface area contributed by atoms with Crippen molar-refractivity contribution in [1.82, 2.24) is 0 Å². The number of para-hydroxylation sites is 1. The molecule has 0 heterocycles. The van der Waals surface area contributed by atoms with Gasteiger partial charge in [0, 0.05) is 5.56 Å². The van der Waals surface area contributed by atoms with E-state index in [4.69, 9.17) is 10.2 Å². The number of halogens is 1. The quantitative estimate of drug-likeness (QED) is 0.656. The first-order valence-corrected chi connectivity index (χ1v) is 8.73. The molecular formula is C13H22FNOSi. The third-order valence-corrected chi connectivity index (χ3v) is 8.02. The second kappa shape index (κ2) is 4.78. The van der Waals surface area contributed by atoms with Crippen LogP contribution in [0.2, 0.25) is 18.1 Å². The molecule has 0 bridgehead atoms. The van der Waals surface area contributed by atoms with Gasteiger partial charge in [-0.25, -0.2) is 4.39 Å². The number of nitrogen functional groups attached to an aromatic ring is 1. The normalized spacial score (nSPS) is 12.8. The van der Waals surface area contributed by atoms with E-state index in [1.165, 1.54) is 6.07 Å². The third kappa shape index (κ3) is 3.29. The Hall–Kier alpha value is -0.873. The second-order valence-electron chi connectivity index (χ2n) is 5.86. The highest BCUT2D eigenvalue weighted by atomic mass is 28.4. The molecule has 0 spiro atoms. The van der Waals surface area contributed by atoms with Crippen LogP contribution < -0.4 is 5.73 Å². The maximum Gasteiger partial charge on any atom is 0.192 e. The summed E-state index contributed by atoms with van der Waals surface area (Å²) in [6, 6.07) is 4.84. The Kier molecular flexibility index (Phi) is 3.99. The van der Waals surface area contributed by atoms with Crippen molar-refractivity contribution in [3.8, 4) is 0 Å². The van der Waals surface area contributed by atoms with Crippen LogP contribution in [-0.2, 0) is 11.0 Å². The highest BCUT2D eigenvalue weighted by molar-refractivity contribution is 6.74. The second-order valence-corrected chi connectivity index (χ2v) is 10.7. The van der Waals surface area contributed by atoms with Crippen LogP contribution in [0.25, 0.3) is 0 Å². The van der Waals surface area contributed by atoms with Gasteiger partial charge in [0.05, 0.1) is 12.3 Å². The summed E-state index contributed by atoms with van der Waals surface area (Å²) in [6.45, 7) is 11.3. The predicted molar refractivity (Wildman–Crippen MR) is 72.8 cm³/mol. The van der Waals surface area contributed by atoms with Gasteiger partial charge in [0.25, 0.3) is 0 Å². The minimum Gasteiger partial charge on any atom is -0.412 e. The molecule has 1 aromatic carbocycles. The van der Waals surface area contributed by atoms with Crippen LogP contribution in [-0.4, -0.2) is 8.32 Å². The van der Waals surface area contributed by atoms with Crippen molar-refractivity contribution in [1.29, 1.82) is 0 Å². The first kappa shape index (κ1) is 14.2. The summed E-state index contributed by atoms with van der Waals surface area (Å²) in [6.07, 6.45) is 0. The van der Waals surface area contributed by atoms with Crippen LogP contribution in [0, 0.1) is 5.82 Å². The van der Waals surface area contributed by atoms with Crippen molar-refractivity contribution in [2.24, 2.45) is 0 Å². The van der Waals surface area contributed by atoms with Gasteiger partial charge in [0.1, 0.15) is 5.82 Å². The van der Waals surface area contributed by atoms with E-state index in [-0.39, 0.29) is 16.5 Å². The van der Waals surface area contributed by atoms with Gasteiger partial charge in [-0.2, -0.15) is 0 Å². The lowest BCUT2D eigenvalue weighted by Gasteiger charge is -2.36. The van der Waals surface area contributed by atoms with Crippen LogP contribution in [0.15, 0.2) is 18.2 Å². The Morgan fingerprint density at radius 3 is 2.41 bits per heavy atom. The molecule has 0 aromatic heterocycles. The van der Waals surface area contributed by atoms with E-state index in [9.17, 15) is 4.39 Å². The number of anilines is 1. The van der Waals surface area contributed by atoms with Gasteiger partial charge < -0.3 is 10.2 Å². The molecule has 1 aromatic rings. The SMILES string of the molecule is CC(C)(C)[Si](C)(C)OCc1cccc(F)c1N.